The standard InChI is InChI=1S/C81H52O50/c82-20-1-12(2-21(83)44(20)91)71(111)123-29-10-121-72(112)13-3-22(84)45(92)52(99)31(13)33-15(5-24(86)47(94)54(33)101)75(115)125-63(29)68-66-42-37-19(9-28(90)51(98)65(37)131-81(42)43(80(120)127-66)40(61(108)70(81)110)36-18(78(118)129-68)8-27(89)50(97)57(36)104)74(114)124-30-11-122-73(113)14-4-23(85)46(93)53(100)32(14)34-16(6-25(87)48(95)55(34)102)76(116)126-64(30)69-67-60(107)41-39(79(119)128-67)38(58(105)62(109)59(41)106)35-17(77(117)130-69)7-26(88)49(96)56(35)103/h1-9,29-30,42-43,60,63-64,66-69,82-109H,10-11H2/t29?,30?,42-,43-,60-,63-,64-,66+,67-,68+,69-,81?/m1/s1. The molecule has 28 N–H and O–H groups in total. The number of ether oxygens (including phenoxy) is 11. The zero-order valence-electron chi connectivity index (χ0n) is 64.0. The number of cyclic esters (lactones) is 5. The Labute approximate surface area is 717 Å². The third-order valence-electron chi connectivity index (χ3n) is 22.9. The second-order valence-electron chi connectivity index (χ2n) is 29.9. The number of fused-ring (bicyclic) bond motifs is 12. The normalized spacial score (nSPS) is 22.8. The molecule has 1 aliphatic carbocycles. The van der Waals surface area contributed by atoms with Gasteiger partial charge in [0.15, 0.2) is 164 Å². The topological polar surface area (TPSA) is 856 Å². The first-order valence-corrected chi connectivity index (χ1v) is 36.9. The number of phenolic OH excluding ortho intramolecular Hbond substituents is 26. The van der Waals surface area contributed by atoms with Crippen molar-refractivity contribution in [2.24, 2.45) is 5.92 Å². The van der Waals surface area contributed by atoms with Gasteiger partial charge in [0.05, 0.1) is 56.0 Å². The van der Waals surface area contributed by atoms with E-state index >= 15 is 38.4 Å². The van der Waals surface area contributed by atoms with Gasteiger partial charge in [0.25, 0.3) is 0 Å². The minimum absolute atomic E-state index is 0.0682. The summed E-state index contributed by atoms with van der Waals surface area (Å²) in [5, 5.41) is 319. The Hall–Kier alpha value is -18.5. The van der Waals surface area contributed by atoms with Gasteiger partial charge in [-0.2, -0.15) is 0 Å². The monoisotopic (exact) mass is 1820 g/mol. The van der Waals surface area contributed by atoms with E-state index in [0.717, 1.165) is 0 Å². The maximum atomic E-state index is 16.6. The van der Waals surface area contributed by atoms with Crippen LogP contribution < -0.4 is 4.74 Å². The summed E-state index contributed by atoms with van der Waals surface area (Å²) in [5.74, 6) is -75.9. The minimum atomic E-state index is -3.85. The summed E-state index contributed by atoms with van der Waals surface area (Å²) in [6.07, 6.45) is -29.3. The highest BCUT2D eigenvalue weighted by Crippen LogP contribution is 2.68. The number of Topliss-reactive ketones (excluding diaryl/α,β-unsaturated/α-hetero) is 1. The van der Waals surface area contributed by atoms with Crippen LogP contribution in [0.25, 0.3) is 39.0 Å². The number of carbonyl (C=O) groups excluding carboxylic acids is 11. The lowest BCUT2D eigenvalue weighted by Gasteiger charge is -2.47. The minimum Gasteiger partial charge on any atom is -0.504 e. The summed E-state index contributed by atoms with van der Waals surface area (Å²) in [4.78, 5) is 171. The quantitative estimate of drug-likeness (QED) is 0.0645. The highest BCUT2D eigenvalue weighted by atomic mass is 16.7. The van der Waals surface area contributed by atoms with Gasteiger partial charge in [-0.3, -0.25) is 9.59 Å². The van der Waals surface area contributed by atoms with Gasteiger partial charge in [0.1, 0.15) is 25.2 Å². The molecular formula is C81H52O50. The van der Waals surface area contributed by atoms with E-state index in [2.05, 4.69) is 0 Å². The van der Waals surface area contributed by atoms with Crippen LogP contribution in [-0.4, -0.2) is 276 Å². The Morgan fingerprint density at radius 2 is 0.641 bits per heavy atom. The van der Waals surface area contributed by atoms with E-state index in [-0.39, 0.29) is 42.5 Å². The molecule has 8 aliphatic heterocycles. The average molecular weight is 1830 g/mol. The maximum absolute atomic E-state index is 16.6. The Kier molecular flexibility index (Phi) is 18.8. The van der Waals surface area contributed by atoms with Gasteiger partial charge in [-0.25, -0.2) is 43.2 Å². The van der Waals surface area contributed by atoms with Crippen molar-refractivity contribution in [3.63, 3.8) is 0 Å². The lowest BCUT2D eigenvalue weighted by Crippen LogP contribution is -2.65. The molecule has 0 saturated carbocycles. The molecule has 12 atom stereocenters. The molecule has 1 spiro atoms. The molecule has 131 heavy (non-hydrogen) atoms. The molecule has 50 heteroatoms. The first-order valence-electron chi connectivity index (χ1n) is 36.9. The number of ketones is 1. The molecule has 3 unspecified atom stereocenters. The van der Waals surface area contributed by atoms with Crippen molar-refractivity contribution in [1.29, 1.82) is 0 Å². The molecule has 1 saturated heterocycles. The fourth-order valence-corrected chi connectivity index (χ4v) is 17.0. The summed E-state index contributed by atoms with van der Waals surface area (Å²) in [6, 6.07) is 1.86. The fourth-order valence-electron chi connectivity index (χ4n) is 17.0. The van der Waals surface area contributed by atoms with Gasteiger partial charge in [0.2, 0.25) is 57.4 Å². The van der Waals surface area contributed by atoms with Gasteiger partial charge in [-0.05, 0) is 54.6 Å². The molecule has 18 rings (SSSR count). The zero-order chi connectivity index (χ0) is 94.9. The zero-order valence-corrected chi connectivity index (χ0v) is 64.0. The Morgan fingerprint density at radius 1 is 0.305 bits per heavy atom. The summed E-state index contributed by atoms with van der Waals surface area (Å²) >= 11 is 0. The van der Waals surface area contributed by atoms with Gasteiger partial charge in [-0.1, -0.05) is 0 Å². The highest BCUT2D eigenvalue weighted by Gasteiger charge is 2.77. The predicted molar refractivity (Wildman–Crippen MR) is 402 cm³/mol. The van der Waals surface area contributed by atoms with Gasteiger partial charge in [-0.15, -0.1) is 0 Å². The van der Waals surface area contributed by atoms with Crippen LogP contribution in [0.3, 0.4) is 0 Å². The number of carbonyl (C=O) groups is 11. The number of aliphatic hydroxyl groups excluding tert-OH is 2. The van der Waals surface area contributed by atoms with Crippen LogP contribution >= 0.6 is 0 Å². The highest BCUT2D eigenvalue weighted by molar-refractivity contribution is 6.22. The second kappa shape index (κ2) is 29.0. The molecule has 0 radical (unpaired) electrons. The second-order valence-corrected chi connectivity index (χ2v) is 29.9. The third-order valence-corrected chi connectivity index (χ3v) is 22.9. The number of phenols is 26. The summed E-state index contributed by atoms with van der Waals surface area (Å²) in [5.41, 5.74) is -30.8. The molecule has 0 aromatic heterocycles. The number of benzene rings is 9. The Morgan fingerprint density at radius 3 is 1.06 bits per heavy atom. The van der Waals surface area contributed by atoms with Crippen molar-refractivity contribution >= 4 is 71.0 Å². The van der Waals surface area contributed by atoms with Crippen LogP contribution in [-0.2, 0) is 57.0 Å². The van der Waals surface area contributed by atoms with E-state index in [0.29, 0.717) is 12.1 Å². The predicted octanol–water partition coefficient (Wildman–Crippen LogP) is 2.24. The maximum Gasteiger partial charge on any atom is 0.339 e. The van der Waals surface area contributed by atoms with E-state index in [4.69, 9.17) is 52.1 Å². The number of rotatable bonds is 6. The van der Waals surface area contributed by atoms with Crippen LogP contribution in [0, 0.1) is 5.92 Å². The number of aromatic hydroxyl groups is 26. The summed E-state index contributed by atoms with van der Waals surface area (Å²) < 4.78 is 64.8. The first kappa shape index (κ1) is 84.7. The first-order chi connectivity index (χ1) is 61.7. The van der Waals surface area contributed by atoms with Crippen LogP contribution in [0.4, 0.5) is 0 Å². The van der Waals surface area contributed by atoms with Crippen molar-refractivity contribution in [2.45, 2.75) is 66.5 Å². The smallest absolute Gasteiger partial charge is 0.339 e. The molecule has 9 aliphatic rings. The van der Waals surface area contributed by atoms with E-state index < -0.39 is 418 Å². The average Bonchev–Trinajstić information content (AvgIpc) is 1.50. The van der Waals surface area contributed by atoms with Crippen molar-refractivity contribution < 1.29 is 248 Å². The number of hydrogen-bond acceptors (Lipinski definition) is 50. The molecule has 0 amide bonds. The van der Waals surface area contributed by atoms with Crippen molar-refractivity contribution in [3.05, 3.63) is 127 Å². The molecular weight excluding hydrogens is 1770 g/mol. The number of aliphatic hydroxyl groups is 2. The molecule has 8 heterocycles. The molecule has 9 aromatic rings. The summed E-state index contributed by atoms with van der Waals surface area (Å²) in [7, 11) is 0. The molecule has 1 fully saturated rings. The van der Waals surface area contributed by atoms with E-state index in [9.17, 15) is 157 Å². The van der Waals surface area contributed by atoms with E-state index in [1.54, 1.807) is 0 Å². The Bertz CT molecular complexity index is 6890. The fraction of sp³-hybridized carbons (Fsp3) is 0.173. The van der Waals surface area contributed by atoms with Crippen molar-refractivity contribution in [2.75, 3.05) is 13.2 Å². The van der Waals surface area contributed by atoms with Crippen molar-refractivity contribution in [3.8, 4) is 189 Å². The van der Waals surface area contributed by atoms with Crippen molar-refractivity contribution in [1.82, 2.24) is 0 Å². The Balaban J connectivity index is 0.916. The molecule has 676 valence electrons. The van der Waals surface area contributed by atoms with Gasteiger partial charge in [0, 0.05) is 55.6 Å². The van der Waals surface area contributed by atoms with E-state index in [1.165, 1.54) is 0 Å². The van der Waals surface area contributed by atoms with Gasteiger partial charge < -0.3 is 195 Å². The number of esters is 10. The van der Waals surface area contributed by atoms with Crippen LogP contribution in [0.2, 0.25) is 0 Å². The van der Waals surface area contributed by atoms with Gasteiger partial charge >= 0.3 is 59.7 Å². The SMILES string of the molecule is O=C(OC1COC(=O)c2cc(O)c(O)c(O)c2-c2c(cc(O)c(O)c2O)C(=O)O[C@H]1[C@@H]1OC(=O)c2cc(O)c(O)c(O)c2C2=C(O)C(=O)C34Oc5c(O)c(O)cc(C(=O)OC6COC(=O)c7cc(O)c(O)c(O)c7-c7c(cc(O)c(O)c7O)C(=O)O[C@H]6[C@H]6OC(=O)c7cc(O)c(O)c(O)c7-c7c(O)c(O)c(O)c8c7C(=O)O[C@@H]6[C@@H]8O)c5[C@@H]3[C@@H]1OC(=O)[C@@H]24)c1cc(O)c(O)c(O)c1. The lowest BCUT2D eigenvalue weighted by atomic mass is 9.66. The molecule has 8 bridgehead atoms. The van der Waals surface area contributed by atoms with Crippen LogP contribution in [0.15, 0.2) is 60.4 Å². The van der Waals surface area contributed by atoms with Crippen LogP contribution in [0.1, 0.15) is 122 Å². The van der Waals surface area contributed by atoms with Crippen LogP contribution in [0.5, 0.6) is 155 Å². The largest absolute Gasteiger partial charge is 0.504 e. The molecule has 50 nitrogen and oxygen atoms in total. The molecule has 9 aromatic carbocycles. The van der Waals surface area contributed by atoms with E-state index in [1.807, 2.05) is 0 Å². The third kappa shape index (κ3) is 11.9. The number of hydrogen-bond donors (Lipinski definition) is 28. The summed E-state index contributed by atoms with van der Waals surface area (Å²) in [6.45, 7) is -3.93. The lowest BCUT2D eigenvalue weighted by molar-refractivity contribution is -0.200.